The first kappa shape index (κ1) is 14.8. The van der Waals surface area contributed by atoms with Crippen molar-refractivity contribution in [3.8, 4) is 11.4 Å². The second-order valence-electron chi connectivity index (χ2n) is 5.03. The molecular formula is C17H16N4O2. The van der Waals surface area contributed by atoms with E-state index in [2.05, 4.69) is 15.4 Å². The lowest BCUT2D eigenvalue weighted by molar-refractivity contribution is 0.101. The molecule has 6 heteroatoms. The highest BCUT2D eigenvalue weighted by Crippen LogP contribution is 2.15. The van der Waals surface area contributed by atoms with Crippen LogP contribution in [-0.2, 0) is 0 Å². The molecular weight excluding hydrogens is 292 g/mol. The van der Waals surface area contributed by atoms with Crippen molar-refractivity contribution in [2.75, 3.05) is 12.4 Å². The molecule has 0 spiro atoms. The van der Waals surface area contributed by atoms with E-state index in [-0.39, 0.29) is 11.7 Å². The molecule has 0 saturated carbocycles. The number of aromatic nitrogens is 3. The zero-order valence-corrected chi connectivity index (χ0v) is 12.9. The second kappa shape index (κ2) is 6.31. The van der Waals surface area contributed by atoms with Crippen LogP contribution in [0.4, 0.5) is 5.69 Å². The van der Waals surface area contributed by atoms with Gasteiger partial charge in [-0.15, -0.1) is 5.10 Å². The van der Waals surface area contributed by atoms with E-state index in [0.29, 0.717) is 5.69 Å². The van der Waals surface area contributed by atoms with Crippen LogP contribution < -0.4 is 10.1 Å². The van der Waals surface area contributed by atoms with Gasteiger partial charge in [-0.3, -0.25) is 4.79 Å². The molecule has 23 heavy (non-hydrogen) atoms. The largest absolute Gasteiger partial charge is 0.497 e. The van der Waals surface area contributed by atoms with E-state index < -0.39 is 0 Å². The maximum absolute atomic E-state index is 12.2. The Morgan fingerprint density at radius 2 is 1.96 bits per heavy atom. The van der Waals surface area contributed by atoms with Gasteiger partial charge in [0.25, 0.3) is 5.91 Å². The van der Waals surface area contributed by atoms with E-state index in [9.17, 15) is 4.79 Å². The molecule has 1 amide bonds. The number of carbonyl (C=O) groups excluding carboxylic acids is 1. The predicted molar refractivity (Wildman–Crippen MR) is 87.0 cm³/mol. The van der Waals surface area contributed by atoms with Crippen LogP contribution in [0.5, 0.6) is 5.75 Å². The Hall–Kier alpha value is -3.15. The van der Waals surface area contributed by atoms with Crippen molar-refractivity contribution < 1.29 is 9.53 Å². The summed E-state index contributed by atoms with van der Waals surface area (Å²) in [6.45, 7) is 2.00. The number of carbonyl (C=O) groups is 1. The Bertz CT molecular complexity index is 825. The highest BCUT2D eigenvalue weighted by Gasteiger charge is 2.12. The van der Waals surface area contributed by atoms with E-state index in [4.69, 9.17) is 4.74 Å². The topological polar surface area (TPSA) is 69.0 Å². The summed E-state index contributed by atoms with van der Waals surface area (Å²) in [6.07, 6.45) is 1.53. The lowest BCUT2D eigenvalue weighted by atomic mass is 10.2. The summed E-state index contributed by atoms with van der Waals surface area (Å²) in [5.74, 6) is 0.480. The molecule has 6 nitrogen and oxygen atoms in total. The minimum Gasteiger partial charge on any atom is -0.497 e. The molecule has 3 aromatic rings. The van der Waals surface area contributed by atoms with Crippen LogP contribution in [0.25, 0.3) is 5.69 Å². The number of rotatable bonds is 4. The molecule has 0 aliphatic rings. The third-order valence-electron chi connectivity index (χ3n) is 3.31. The minimum absolute atomic E-state index is 0.113. The average Bonchev–Trinajstić information content (AvgIpc) is 3.06. The normalized spacial score (nSPS) is 10.3. The van der Waals surface area contributed by atoms with Crippen molar-refractivity contribution in [1.29, 1.82) is 0 Å². The Morgan fingerprint density at radius 1 is 1.17 bits per heavy atom. The fourth-order valence-corrected chi connectivity index (χ4v) is 2.12. The smallest absolute Gasteiger partial charge is 0.295 e. The first-order chi connectivity index (χ1) is 11.2. The number of nitrogens with one attached hydrogen (secondary N) is 1. The number of hydrogen-bond acceptors (Lipinski definition) is 4. The summed E-state index contributed by atoms with van der Waals surface area (Å²) in [5.41, 5.74) is 2.63. The molecule has 2 aromatic carbocycles. The van der Waals surface area contributed by atoms with Gasteiger partial charge < -0.3 is 10.1 Å². The number of benzene rings is 2. The van der Waals surface area contributed by atoms with Crippen LogP contribution in [0.2, 0.25) is 0 Å². The van der Waals surface area contributed by atoms with Gasteiger partial charge in [-0.25, -0.2) is 9.67 Å². The molecule has 0 saturated heterocycles. The fraction of sp³-hybridized carbons (Fsp3) is 0.118. The molecule has 0 radical (unpaired) electrons. The molecule has 3 rings (SSSR count). The summed E-state index contributed by atoms with van der Waals surface area (Å²) >= 11 is 0. The van der Waals surface area contributed by atoms with Crippen LogP contribution in [0.1, 0.15) is 16.2 Å². The van der Waals surface area contributed by atoms with Gasteiger partial charge in [0.1, 0.15) is 12.1 Å². The fourth-order valence-electron chi connectivity index (χ4n) is 2.12. The average molecular weight is 308 g/mol. The van der Waals surface area contributed by atoms with Gasteiger partial charge in [-0.05, 0) is 48.9 Å². The van der Waals surface area contributed by atoms with Crippen LogP contribution in [0.3, 0.4) is 0 Å². The molecule has 1 aromatic heterocycles. The molecule has 0 aliphatic heterocycles. The summed E-state index contributed by atoms with van der Waals surface area (Å²) in [7, 11) is 1.59. The van der Waals surface area contributed by atoms with Crippen molar-refractivity contribution in [2.24, 2.45) is 0 Å². The van der Waals surface area contributed by atoms with Crippen LogP contribution >= 0.6 is 0 Å². The molecule has 1 N–H and O–H groups in total. The number of methoxy groups -OCH3 is 1. The van der Waals surface area contributed by atoms with Crippen molar-refractivity contribution in [3.63, 3.8) is 0 Å². The molecule has 0 aliphatic carbocycles. The van der Waals surface area contributed by atoms with E-state index in [1.54, 1.807) is 36.1 Å². The maximum atomic E-state index is 12.2. The maximum Gasteiger partial charge on any atom is 0.295 e. The molecule has 0 unspecified atom stereocenters. The van der Waals surface area contributed by atoms with Crippen LogP contribution in [0.15, 0.2) is 54.9 Å². The Labute approximate surface area is 133 Å². The van der Waals surface area contributed by atoms with E-state index in [0.717, 1.165) is 17.0 Å². The van der Waals surface area contributed by atoms with Gasteiger partial charge >= 0.3 is 0 Å². The Morgan fingerprint density at radius 3 is 2.65 bits per heavy atom. The van der Waals surface area contributed by atoms with Crippen molar-refractivity contribution >= 4 is 11.6 Å². The Balaban J connectivity index is 1.75. The molecule has 0 bridgehead atoms. The van der Waals surface area contributed by atoms with E-state index in [1.165, 1.54) is 6.33 Å². The summed E-state index contributed by atoms with van der Waals surface area (Å²) in [4.78, 5) is 16.3. The van der Waals surface area contributed by atoms with Crippen molar-refractivity contribution in [2.45, 2.75) is 6.92 Å². The highest BCUT2D eigenvalue weighted by atomic mass is 16.5. The van der Waals surface area contributed by atoms with Gasteiger partial charge in [0.05, 0.1) is 12.8 Å². The molecule has 116 valence electrons. The van der Waals surface area contributed by atoms with Crippen molar-refractivity contribution in [3.05, 3.63) is 66.2 Å². The van der Waals surface area contributed by atoms with Gasteiger partial charge in [-0.2, -0.15) is 0 Å². The molecule has 0 fully saturated rings. The van der Waals surface area contributed by atoms with Gasteiger partial charge in [-0.1, -0.05) is 12.1 Å². The first-order valence-corrected chi connectivity index (χ1v) is 7.10. The number of ether oxygens (including phenoxy) is 1. The van der Waals surface area contributed by atoms with Gasteiger partial charge in [0.15, 0.2) is 0 Å². The third kappa shape index (κ3) is 3.37. The Kier molecular flexibility index (Phi) is 4.05. The van der Waals surface area contributed by atoms with E-state index in [1.807, 2.05) is 31.2 Å². The highest BCUT2D eigenvalue weighted by molar-refractivity contribution is 6.01. The monoisotopic (exact) mass is 308 g/mol. The number of aryl methyl sites for hydroxylation is 1. The summed E-state index contributed by atoms with van der Waals surface area (Å²) < 4.78 is 6.66. The number of anilines is 1. The zero-order valence-electron chi connectivity index (χ0n) is 12.9. The van der Waals surface area contributed by atoms with E-state index >= 15 is 0 Å². The third-order valence-corrected chi connectivity index (χ3v) is 3.31. The molecule has 0 atom stereocenters. The predicted octanol–water partition coefficient (Wildman–Crippen LogP) is 2.84. The lowest BCUT2D eigenvalue weighted by Gasteiger charge is -2.04. The summed E-state index contributed by atoms with van der Waals surface area (Å²) in [6, 6.07) is 14.9. The quantitative estimate of drug-likeness (QED) is 0.804. The minimum atomic E-state index is -0.360. The van der Waals surface area contributed by atoms with Gasteiger partial charge in [0, 0.05) is 5.69 Å². The second-order valence-corrected chi connectivity index (χ2v) is 5.03. The number of amides is 1. The standard InChI is InChI=1S/C17H16N4O2/c1-12-4-3-5-14(10-12)21-11-18-16(20-21)17(22)19-13-6-8-15(23-2)9-7-13/h3-11H,1-2H3,(H,19,22). The van der Waals surface area contributed by atoms with Crippen LogP contribution in [-0.4, -0.2) is 27.8 Å². The van der Waals surface area contributed by atoms with Crippen molar-refractivity contribution in [1.82, 2.24) is 14.8 Å². The van der Waals surface area contributed by atoms with Gasteiger partial charge in [0.2, 0.25) is 5.82 Å². The number of nitrogens with zero attached hydrogens (tertiary/aromatic N) is 3. The van der Waals surface area contributed by atoms with Crippen LogP contribution in [0, 0.1) is 6.92 Å². The SMILES string of the molecule is COc1ccc(NC(=O)c2ncn(-c3cccc(C)c3)n2)cc1. The lowest BCUT2D eigenvalue weighted by Crippen LogP contribution is -2.14. The zero-order chi connectivity index (χ0) is 16.2. The first-order valence-electron chi connectivity index (χ1n) is 7.10. The molecule has 1 heterocycles. The summed E-state index contributed by atoms with van der Waals surface area (Å²) in [5, 5.41) is 6.97. The number of hydrogen-bond donors (Lipinski definition) is 1.